The van der Waals surface area contributed by atoms with Gasteiger partial charge in [0, 0.05) is 7.11 Å². The number of rotatable bonds is 5. The minimum Gasteiger partial charge on any atom is -0.393 e. The van der Waals surface area contributed by atoms with Crippen LogP contribution in [0.15, 0.2) is 29.2 Å². The lowest BCUT2D eigenvalue weighted by molar-refractivity contribution is 0.169. The average molecular weight is 299 g/mol. The van der Waals surface area contributed by atoms with Crippen LogP contribution in [-0.2, 0) is 14.6 Å². The molecule has 0 aliphatic heterocycles. The maximum absolute atomic E-state index is 12.5. The van der Waals surface area contributed by atoms with Crippen LogP contribution in [-0.4, -0.2) is 32.4 Å². The fourth-order valence-electron chi connectivity index (χ4n) is 2.31. The van der Waals surface area contributed by atoms with E-state index in [1.807, 2.05) is 6.92 Å². The number of hydrogen-bond acceptors (Lipinski definition) is 4. The maximum Gasteiger partial charge on any atom is 0.182 e. The third kappa shape index (κ3) is 2.40. The summed E-state index contributed by atoms with van der Waals surface area (Å²) in [4.78, 5) is 0.535. The Balaban J connectivity index is 2.33. The van der Waals surface area contributed by atoms with Crippen molar-refractivity contribution in [2.75, 3.05) is 13.7 Å². The molecule has 1 aromatic carbocycles. The zero-order valence-electron chi connectivity index (χ0n) is 10.9. The molecular weight excluding hydrogens is 282 g/mol. The van der Waals surface area contributed by atoms with Crippen LogP contribution in [0.5, 0.6) is 0 Å². The van der Waals surface area contributed by atoms with E-state index in [0.29, 0.717) is 11.3 Å². The Morgan fingerprint density at radius 1 is 1.47 bits per heavy atom. The van der Waals surface area contributed by atoms with E-state index in [2.05, 4.69) is 0 Å². The molecule has 2 atom stereocenters. The van der Waals surface area contributed by atoms with Gasteiger partial charge in [-0.15, -0.1) is 0 Å². The second-order valence-electron chi connectivity index (χ2n) is 5.00. The number of hydrogen-bond donors (Lipinski definition) is 1. The molecule has 1 fully saturated rings. The third-order valence-electron chi connectivity index (χ3n) is 3.62. The summed E-state index contributed by atoms with van der Waals surface area (Å²) in [6.45, 7) is 2.16. The molecule has 1 saturated carbocycles. The molecule has 0 bridgehead atoms. The number of aryl methyl sites for hydroxylation is 1. The molecule has 2 N–H and O–H groups in total. The molecule has 0 saturated heterocycles. The summed E-state index contributed by atoms with van der Waals surface area (Å²) in [6.07, 6.45) is 0.437. The molecule has 0 heterocycles. The van der Waals surface area contributed by atoms with Gasteiger partial charge in [-0.2, -0.15) is 0 Å². The van der Waals surface area contributed by atoms with Crippen molar-refractivity contribution in [3.05, 3.63) is 29.8 Å². The minimum absolute atomic E-state index is 0.218. The SMILES string of the molecule is COCC1(C(N)=S)CC1S(=O)(=O)c1ccc(C)cc1. The molecule has 6 heteroatoms. The van der Waals surface area contributed by atoms with E-state index in [0.717, 1.165) is 5.56 Å². The number of sulfone groups is 1. The van der Waals surface area contributed by atoms with E-state index < -0.39 is 20.5 Å². The van der Waals surface area contributed by atoms with Crippen molar-refractivity contribution in [1.29, 1.82) is 0 Å². The predicted octanol–water partition coefficient (Wildman–Crippen LogP) is 1.46. The van der Waals surface area contributed by atoms with Gasteiger partial charge < -0.3 is 10.5 Å². The normalized spacial score (nSPS) is 26.1. The van der Waals surface area contributed by atoms with Crippen LogP contribution in [0.25, 0.3) is 0 Å². The molecule has 0 radical (unpaired) electrons. The fourth-order valence-corrected chi connectivity index (χ4v) is 4.82. The van der Waals surface area contributed by atoms with Crippen molar-refractivity contribution in [3.63, 3.8) is 0 Å². The van der Waals surface area contributed by atoms with Crippen LogP contribution in [0.3, 0.4) is 0 Å². The van der Waals surface area contributed by atoms with Crippen LogP contribution in [0.1, 0.15) is 12.0 Å². The second-order valence-corrected chi connectivity index (χ2v) is 7.57. The van der Waals surface area contributed by atoms with Crippen molar-refractivity contribution in [2.24, 2.45) is 11.1 Å². The molecule has 1 aliphatic rings. The van der Waals surface area contributed by atoms with E-state index in [9.17, 15) is 8.42 Å². The van der Waals surface area contributed by atoms with E-state index in [4.69, 9.17) is 22.7 Å². The van der Waals surface area contributed by atoms with Gasteiger partial charge in [-0.1, -0.05) is 29.9 Å². The Hall–Kier alpha value is -0.980. The Kier molecular flexibility index (Phi) is 3.68. The van der Waals surface area contributed by atoms with Crippen LogP contribution in [0, 0.1) is 12.3 Å². The second kappa shape index (κ2) is 4.85. The summed E-state index contributed by atoms with van der Waals surface area (Å²) in [5, 5.41) is -0.569. The predicted molar refractivity (Wildman–Crippen MR) is 77.9 cm³/mol. The molecule has 2 unspecified atom stereocenters. The number of nitrogens with two attached hydrogens (primary N) is 1. The van der Waals surface area contributed by atoms with Crippen molar-refractivity contribution >= 4 is 27.0 Å². The lowest BCUT2D eigenvalue weighted by Crippen LogP contribution is -2.32. The van der Waals surface area contributed by atoms with Gasteiger partial charge in [-0.25, -0.2) is 8.42 Å². The largest absolute Gasteiger partial charge is 0.393 e. The fraction of sp³-hybridized carbons (Fsp3) is 0.462. The lowest BCUT2D eigenvalue weighted by Gasteiger charge is -2.15. The topological polar surface area (TPSA) is 69.4 Å². The first-order valence-electron chi connectivity index (χ1n) is 5.94. The van der Waals surface area contributed by atoms with Crippen molar-refractivity contribution in [1.82, 2.24) is 0 Å². The monoisotopic (exact) mass is 299 g/mol. The molecule has 0 amide bonds. The summed E-state index contributed by atoms with van der Waals surface area (Å²) in [6, 6.07) is 6.82. The number of thiocarbonyl (C=S) groups is 1. The molecule has 1 aromatic rings. The number of ether oxygens (including phenoxy) is 1. The zero-order chi connectivity index (χ0) is 14.3. The first-order chi connectivity index (χ1) is 8.84. The Morgan fingerprint density at radius 2 is 2.05 bits per heavy atom. The van der Waals surface area contributed by atoms with Gasteiger partial charge >= 0.3 is 0 Å². The molecule has 4 nitrogen and oxygen atoms in total. The first kappa shape index (κ1) is 14.4. The molecule has 1 aliphatic carbocycles. The molecule has 104 valence electrons. The third-order valence-corrected chi connectivity index (χ3v) is 6.33. The lowest BCUT2D eigenvalue weighted by atomic mass is 10.1. The van der Waals surface area contributed by atoms with Gasteiger partial charge in [0.25, 0.3) is 0 Å². The molecule has 0 spiro atoms. The summed E-state index contributed by atoms with van der Waals surface area (Å²) >= 11 is 5.01. The van der Waals surface area contributed by atoms with E-state index in [-0.39, 0.29) is 11.6 Å². The summed E-state index contributed by atoms with van der Waals surface area (Å²) in [5.41, 5.74) is 6.02. The zero-order valence-corrected chi connectivity index (χ0v) is 12.6. The average Bonchev–Trinajstić information content (AvgIpc) is 3.07. The number of benzene rings is 1. The van der Waals surface area contributed by atoms with E-state index in [1.165, 1.54) is 7.11 Å². The molecule has 2 rings (SSSR count). The molecular formula is C13H17NO3S2. The van der Waals surface area contributed by atoms with Gasteiger partial charge in [0.05, 0.1) is 27.2 Å². The maximum atomic E-state index is 12.5. The van der Waals surface area contributed by atoms with E-state index in [1.54, 1.807) is 24.3 Å². The van der Waals surface area contributed by atoms with E-state index >= 15 is 0 Å². The van der Waals surface area contributed by atoms with Gasteiger partial charge in [-0.3, -0.25) is 0 Å². The highest BCUT2D eigenvalue weighted by molar-refractivity contribution is 7.92. The highest BCUT2D eigenvalue weighted by Gasteiger charge is 2.63. The van der Waals surface area contributed by atoms with Crippen molar-refractivity contribution in [3.8, 4) is 0 Å². The summed E-state index contributed by atoms with van der Waals surface area (Å²) in [5.74, 6) is 0. The van der Waals surface area contributed by atoms with Gasteiger partial charge in [0.15, 0.2) is 9.84 Å². The number of methoxy groups -OCH3 is 1. The Bertz CT molecular complexity index is 595. The quantitative estimate of drug-likeness (QED) is 0.834. The van der Waals surface area contributed by atoms with Crippen molar-refractivity contribution in [2.45, 2.75) is 23.5 Å². The molecule has 0 aromatic heterocycles. The van der Waals surface area contributed by atoms with Crippen molar-refractivity contribution < 1.29 is 13.2 Å². The minimum atomic E-state index is -3.40. The first-order valence-corrected chi connectivity index (χ1v) is 7.89. The van der Waals surface area contributed by atoms with Crippen LogP contribution >= 0.6 is 12.2 Å². The van der Waals surface area contributed by atoms with Crippen LogP contribution in [0.4, 0.5) is 0 Å². The van der Waals surface area contributed by atoms with Gasteiger partial charge in [0.2, 0.25) is 0 Å². The summed E-state index contributed by atoms with van der Waals surface area (Å²) < 4.78 is 30.1. The smallest absolute Gasteiger partial charge is 0.182 e. The van der Waals surface area contributed by atoms with Gasteiger partial charge in [0.1, 0.15) is 0 Å². The van der Waals surface area contributed by atoms with Crippen LogP contribution < -0.4 is 5.73 Å². The highest BCUT2D eigenvalue weighted by Crippen LogP contribution is 2.53. The highest BCUT2D eigenvalue weighted by atomic mass is 32.2. The summed E-state index contributed by atoms with van der Waals surface area (Å²) in [7, 11) is -1.88. The van der Waals surface area contributed by atoms with Crippen LogP contribution in [0.2, 0.25) is 0 Å². The Morgan fingerprint density at radius 3 is 2.53 bits per heavy atom. The Labute approximate surface area is 118 Å². The standard InChI is InChI=1S/C13H17NO3S2/c1-9-3-5-10(6-4-9)19(15,16)11-7-13(11,8-17-2)12(14)18/h3-6,11H,7-8H2,1-2H3,(H2,14,18). The van der Waals surface area contributed by atoms with Gasteiger partial charge in [-0.05, 0) is 25.5 Å². The molecule has 19 heavy (non-hydrogen) atoms.